The minimum absolute atomic E-state index is 0.0892. The topological polar surface area (TPSA) is 50.5 Å². The van der Waals surface area contributed by atoms with Gasteiger partial charge in [0.15, 0.2) is 0 Å². The number of rotatable bonds is 6. The highest BCUT2D eigenvalue weighted by molar-refractivity contribution is 7.84. The summed E-state index contributed by atoms with van der Waals surface area (Å²) in [5.74, 6) is 0.643. The predicted molar refractivity (Wildman–Crippen MR) is 97.5 cm³/mol. The highest BCUT2D eigenvalue weighted by atomic mass is 32.2. The third kappa shape index (κ3) is 4.45. The molecule has 5 heteroatoms. The molecule has 2 aromatic carbocycles. The Hall–Kier alpha value is -2.66. The van der Waals surface area contributed by atoms with Gasteiger partial charge < -0.3 is 9.32 Å². The summed E-state index contributed by atoms with van der Waals surface area (Å²) in [7, 11) is -1.06. The summed E-state index contributed by atoms with van der Waals surface area (Å²) in [6.07, 6.45) is 3.22. The summed E-state index contributed by atoms with van der Waals surface area (Å²) in [4.78, 5) is 15.4. The quantitative estimate of drug-likeness (QED) is 0.676. The Bertz CT molecular complexity index is 842. The highest BCUT2D eigenvalue weighted by Gasteiger charge is 2.18. The fourth-order valence-electron chi connectivity index (χ4n) is 2.57. The first-order valence-corrected chi connectivity index (χ1v) is 9.48. The molecule has 0 bridgehead atoms. The van der Waals surface area contributed by atoms with Crippen LogP contribution < -0.4 is 0 Å². The molecule has 1 unspecified atom stereocenters. The molecule has 1 aromatic heterocycles. The van der Waals surface area contributed by atoms with Crippen molar-refractivity contribution >= 4 is 16.7 Å². The van der Waals surface area contributed by atoms with Crippen LogP contribution in [-0.2, 0) is 23.9 Å². The smallest absolute Gasteiger partial charge is 0.254 e. The van der Waals surface area contributed by atoms with Crippen molar-refractivity contribution in [1.82, 2.24) is 4.90 Å². The van der Waals surface area contributed by atoms with E-state index in [1.807, 2.05) is 42.5 Å². The van der Waals surface area contributed by atoms with E-state index in [-0.39, 0.29) is 5.91 Å². The SMILES string of the molecule is CS(=O)c1ccc(C(=O)N(Cc2ccccc2)Cc2ccco2)cc1. The van der Waals surface area contributed by atoms with Crippen molar-refractivity contribution in [3.05, 3.63) is 89.9 Å². The fourth-order valence-corrected chi connectivity index (χ4v) is 3.09. The Labute approximate surface area is 149 Å². The summed E-state index contributed by atoms with van der Waals surface area (Å²) in [6.45, 7) is 0.879. The molecule has 4 nitrogen and oxygen atoms in total. The van der Waals surface area contributed by atoms with Crippen molar-refractivity contribution < 1.29 is 13.4 Å². The molecule has 1 heterocycles. The number of hydrogen-bond donors (Lipinski definition) is 0. The van der Waals surface area contributed by atoms with Crippen molar-refractivity contribution in [3.63, 3.8) is 0 Å². The lowest BCUT2D eigenvalue weighted by Gasteiger charge is -2.22. The maximum atomic E-state index is 13.0. The van der Waals surface area contributed by atoms with Crippen LogP contribution in [0.5, 0.6) is 0 Å². The predicted octanol–water partition coefficient (Wildman–Crippen LogP) is 3.86. The van der Waals surface area contributed by atoms with E-state index in [4.69, 9.17) is 4.42 Å². The van der Waals surface area contributed by atoms with Gasteiger partial charge in [0.05, 0.1) is 12.8 Å². The van der Waals surface area contributed by atoms with Crippen LogP contribution in [0.3, 0.4) is 0 Å². The largest absolute Gasteiger partial charge is 0.467 e. The van der Waals surface area contributed by atoms with Gasteiger partial charge in [-0.1, -0.05) is 30.3 Å². The molecule has 0 saturated carbocycles. The number of carbonyl (C=O) groups excluding carboxylic acids is 1. The Balaban J connectivity index is 1.84. The minimum Gasteiger partial charge on any atom is -0.467 e. The first-order valence-electron chi connectivity index (χ1n) is 7.92. The van der Waals surface area contributed by atoms with Gasteiger partial charge in [0.25, 0.3) is 5.91 Å². The van der Waals surface area contributed by atoms with E-state index in [9.17, 15) is 9.00 Å². The lowest BCUT2D eigenvalue weighted by molar-refractivity contribution is 0.0717. The van der Waals surface area contributed by atoms with Crippen molar-refractivity contribution in [1.29, 1.82) is 0 Å². The molecule has 0 radical (unpaired) electrons. The van der Waals surface area contributed by atoms with Gasteiger partial charge in [-0.2, -0.15) is 0 Å². The third-order valence-corrected chi connectivity index (χ3v) is 4.80. The summed E-state index contributed by atoms with van der Waals surface area (Å²) in [5, 5.41) is 0. The van der Waals surface area contributed by atoms with Gasteiger partial charge in [-0.25, -0.2) is 0 Å². The number of amides is 1. The zero-order chi connectivity index (χ0) is 17.6. The Kier molecular flexibility index (Phi) is 5.46. The molecule has 0 N–H and O–H groups in total. The van der Waals surface area contributed by atoms with Crippen LogP contribution in [0.15, 0.2) is 82.3 Å². The zero-order valence-corrected chi connectivity index (χ0v) is 14.7. The van der Waals surface area contributed by atoms with E-state index in [0.717, 1.165) is 11.3 Å². The summed E-state index contributed by atoms with van der Waals surface area (Å²) < 4.78 is 16.9. The normalized spacial score (nSPS) is 11.9. The van der Waals surface area contributed by atoms with Gasteiger partial charge in [0, 0.05) is 34.1 Å². The van der Waals surface area contributed by atoms with Crippen LogP contribution in [0, 0.1) is 0 Å². The second-order valence-electron chi connectivity index (χ2n) is 5.70. The first-order chi connectivity index (χ1) is 12.1. The molecular weight excluding hydrogens is 334 g/mol. The lowest BCUT2D eigenvalue weighted by atomic mass is 10.1. The number of benzene rings is 2. The number of hydrogen-bond acceptors (Lipinski definition) is 3. The Morgan fingerprint density at radius 1 is 0.960 bits per heavy atom. The Morgan fingerprint density at radius 2 is 1.68 bits per heavy atom. The van der Waals surface area contributed by atoms with E-state index in [1.54, 1.807) is 41.7 Å². The van der Waals surface area contributed by atoms with Crippen LogP contribution in [0.1, 0.15) is 21.7 Å². The van der Waals surface area contributed by atoms with E-state index in [1.165, 1.54) is 0 Å². The van der Waals surface area contributed by atoms with E-state index >= 15 is 0 Å². The molecule has 0 aliphatic carbocycles. The molecule has 0 spiro atoms. The molecule has 0 saturated heterocycles. The Morgan fingerprint density at radius 3 is 2.28 bits per heavy atom. The van der Waals surface area contributed by atoms with Crippen molar-refractivity contribution in [2.24, 2.45) is 0 Å². The molecule has 1 atom stereocenters. The molecule has 0 fully saturated rings. The lowest BCUT2D eigenvalue weighted by Crippen LogP contribution is -2.30. The van der Waals surface area contributed by atoms with E-state index in [2.05, 4.69) is 0 Å². The van der Waals surface area contributed by atoms with E-state index in [0.29, 0.717) is 23.5 Å². The average Bonchev–Trinajstić information content (AvgIpc) is 3.14. The molecule has 3 rings (SSSR count). The summed E-state index contributed by atoms with van der Waals surface area (Å²) >= 11 is 0. The number of furan rings is 1. The van der Waals surface area contributed by atoms with Gasteiger partial charge in [0.2, 0.25) is 0 Å². The van der Waals surface area contributed by atoms with Crippen molar-refractivity contribution in [2.75, 3.05) is 6.26 Å². The monoisotopic (exact) mass is 353 g/mol. The maximum Gasteiger partial charge on any atom is 0.254 e. The molecule has 128 valence electrons. The summed E-state index contributed by atoms with van der Waals surface area (Å²) in [5.41, 5.74) is 1.62. The van der Waals surface area contributed by atoms with Gasteiger partial charge in [-0.15, -0.1) is 0 Å². The van der Waals surface area contributed by atoms with Crippen LogP contribution in [0.2, 0.25) is 0 Å². The van der Waals surface area contributed by atoms with Crippen molar-refractivity contribution in [2.45, 2.75) is 18.0 Å². The third-order valence-electron chi connectivity index (χ3n) is 3.86. The molecular formula is C20H19NO3S. The second-order valence-corrected chi connectivity index (χ2v) is 7.08. The highest BCUT2D eigenvalue weighted by Crippen LogP contribution is 2.16. The average molecular weight is 353 g/mol. The standard InChI is InChI=1S/C20H19NO3S/c1-25(23)19-11-9-17(10-12-19)20(22)21(15-18-8-5-13-24-18)14-16-6-3-2-4-7-16/h2-13H,14-15H2,1H3. The number of carbonyl (C=O) groups is 1. The van der Waals surface area contributed by atoms with Gasteiger partial charge >= 0.3 is 0 Å². The molecule has 3 aromatic rings. The molecule has 1 amide bonds. The first kappa shape index (κ1) is 17.2. The van der Waals surface area contributed by atoms with Gasteiger partial charge in [-0.3, -0.25) is 9.00 Å². The fraction of sp³-hybridized carbons (Fsp3) is 0.150. The second kappa shape index (κ2) is 7.94. The van der Waals surface area contributed by atoms with Crippen LogP contribution in [0.25, 0.3) is 0 Å². The maximum absolute atomic E-state index is 13.0. The van der Waals surface area contributed by atoms with Crippen LogP contribution in [-0.4, -0.2) is 21.3 Å². The molecule has 25 heavy (non-hydrogen) atoms. The number of nitrogens with zero attached hydrogens (tertiary/aromatic N) is 1. The molecule has 0 aliphatic rings. The zero-order valence-electron chi connectivity index (χ0n) is 13.9. The van der Waals surface area contributed by atoms with E-state index < -0.39 is 10.8 Å². The van der Waals surface area contributed by atoms with Crippen LogP contribution >= 0.6 is 0 Å². The van der Waals surface area contributed by atoms with Crippen molar-refractivity contribution in [3.8, 4) is 0 Å². The van der Waals surface area contributed by atoms with Gasteiger partial charge in [0.1, 0.15) is 5.76 Å². The summed E-state index contributed by atoms with van der Waals surface area (Å²) in [6, 6.07) is 20.4. The minimum atomic E-state index is -1.06. The van der Waals surface area contributed by atoms with Crippen LogP contribution in [0.4, 0.5) is 0 Å². The van der Waals surface area contributed by atoms with Gasteiger partial charge in [-0.05, 0) is 42.0 Å². The molecule has 0 aliphatic heterocycles.